The van der Waals surface area contributed by atoms with Crippen LogP contribution in [0, 0.1) is 13.7 Å². The summed E-state index contributed by atoms with van der Waals surface area (Å²) >= 11 is 0. The zero-order valence-corrected chi connectivity index (χ0v) is 24.7. The number of aryl methyl sites for hydroxylation is 4. The summed E-state index contributed by atoms with van der Waals surface area (Å²) in [5.41, 5.74) is 0.0703. The van der Waals surface area contributed by atoms with Crippen molar-refractivity contribution in [1.82, 2.24) is 39.3 Å². The monoisotopic (exact) mass is 660 g/mol. The number of hydrogen-bond acceptors (Lipinski definition) is 5. The first-order valence-corrected chi connectivity index (χ1v) is 13.6. The van der Waals surface area contributed by atoms with E-state index in [0.29, 0.717) is 46.0 Å². The number of aromatic amines is 2. The molecule has 4 aromatic heterocycles. The van der Waals surface area contributed by atoms with Crippen LogP contribution in [-0.4, -0.2) is 64.0 Å². The Kier molecular flexibility index (Phi) is 4.93. The summed E-state index contributed by atoms with van der Waals surface area (Å²) in [5, 5.41) is 12.8. The van der Waals surface area contributed by atoms with E-state index in [1.807, 2.05) is 6.07 Å². The molecule has 12 heteroatoms. The maximum atomic E-state index is 13.4. The molecule has 2 aromatic carbocycles. The number of nitrogens with zero attached hydrogens (tertiary/aromatic N) is 5. The van der Waals surface area contributed by atoms with Gasteiger partial charge in [0, 0.05) is 101 Å². The molecule has 0 fully saturated rings. The highest BCUT2D eigenvalue weighted by atomic mass is 35.5. The molecule has 2 aliphatic rings. The van der Waals surface area contributed by atoms with Gasteiger partial charge in [-0.05, 0) is 25.8 Å². The third-order valence-corrected chi connectivity index (χ3v) is 7.37. The average molecular weight is 661 g/mol. The van der Waals surface area contributed by atoms with Crippen LogP contribution in [0.4, 0.5) is 0 Å². The summed E-state index contributed by atoms with van der Waals surface area (Å²) in [6.07, 6.45) is -0.429. The van der Waals surface area contributed by atoms with E-state index in [0.717, 1.165) is 9.47 Å². The molecule has 2 amide bonds. The summed E-state index contributed by atoms with van der Waals surface area (Å²) < 4.78 is 138. The van der Waals surface area contributed by atoms with Gasteiger partial charge in [0.1, 0.15) is 2.74 Å². The molecule has 0 atom stereocenters. The van der Waals surface area contributed by atoms with E-state index in [1.54, 1.807) is 42.5 Å². The summed E-state index contributed by atoms with van der Waals surface area (Å²) in [6.45, 7) is -15.4. The van der Waals surface area contributed by atoms with Gasteiger partial charge < -0.3 is 34.4 Å². The fraction of sp³-hybridized carbons (Fsp3) is 0.294. The molecule has 0 spiro atoms. The number of nitrogens with one attached hydrogen (secondary N) is 3. The molecule has 11 nitrogen and oxygen atoms in total. The molecule has 0 unspecified atom stereocenters. The lowest BCUT2D eigenvalue weighted by Crippen LogP contribution is -2.37. The van der Waals surface area contributed by atoms with Crippen molar-refractivity contribution >= 4 is 46.0 Å². The lowest BCUT2D eigenvalue weighted by molar-refractivity contribution is 0.0725. The van der Waals surface area contributed by atoms with Crippen molar-refractivity contribution in [3.05, 3.63) is 106 Å². The van der Waals surface area contributed by atoms with Gasteiger partial charge in [-0.3, -0.25) is 9.59 Å². The Morgan fingerprint density at radius 3 is 2.07 bits per heavy atom. The van der Waals surface area contributed by atoms with Crippen molar-refractivity contribution in [3.8, 4) is 0 Å². The van der Waals surface area contributed by atoms with Gasteiger partial charge in [-0.25, -0.2) is 9.97 Å². The molecule has 0 saturated carbocycles. The van der Waals surface area contributed by atoms with Crippen molar-refractivity contribution in [2.45, 2.75) is 39.6 Å². The SMILES string of the molecule is Cl.[2H]C([2H])([2H])n1c2c(c3ccccc31)C(=O)NCC2.[2H]c1nc(C([2H])([2H])N2CCc3c(c4ccccc4n3C([2H])([2H])[2H])C2=O)c(C([2H])([2H])[2H])[nH]1.[2H]c1nc(C([2H])([2H])O)c(C([2H])([2H])[2H])[nH]1. The third kappa shape index (κ3) is 5.91. The van der Waals surface area contributed by atoms with E-state index in [-0.39, 0.29) is 42.5 Å². The first-order chi connectivity index (χ1) is 28.9. The maximum absolute atomic E-state index is 13.4. The number of rotatable bonds is 3. The van der Waals surface area contributed by atoms with Crippen LogP contribution in [0.2, 0.25) is 0 Å². The predicted molar refractivity (Wildman–Crippen MR) is 180 cm³/mol. The molecule has 0 radical (unpaired) electrons. The number of benzene rings is 2. The molecule has 6 heterocycles. The predicted octanol–water partition coefficient (Wildman–Crippen LogP) is 4.50. The van der Waals surface area contributed by atoms with E-state index in [9.17, 15) is 9.59 Å². The molecule has 8 rings (SSSR count). The summed E-state index contributed by atoms with van der Waals surface area (Å²) in [6, 6.07) is 13.6. The minimum absolute atomic E-state index is 0. The van der Waals surface area contributed by atoms with Gasteiger partial charge in [0.05, 0.1) is 53.7 Å². The molecular weight excluding hydrogens is 604 g/mol. The van der Waals surface area contributed by atoms with Crippen molar-refractivity contribution in [2.24, 2.45) is 14.0 Å². The molecular formula is C34H39ClN8O3. The second kappa shape index (κ2) is 13.6. The lowest BCUT2D eigenvalue weighted by atomic mass is 10.0. The standard InChI is InChI=1S/C17H18N4O.C12H12N2O.C5H8N2O.ClH/c1-11-13(19-10-18-11)9-21-8-7-15-16(17(21)22)12-5-3-4-6-14(12)20(15)2;1-14-9-5-3-2-4-8(9)11-10(14)6-7-13-12(11)15;1-4-5(2-8)7-3-6-4;/h3-6,10H,7-9H2,1-2H3,(H,18,19);2-5H,6-7H2,1H3,(H,13,15);3,8H,2H2,1H3,(H,6,7);1H/i1D3,2D3,9D2,10D;1D3;1D3,2D2,3D;. The van der Waals surface area contributed by atoms with Crippen LogP contribution in [0.15, 0.2) is 61.1 Å². The Morgan fingerprint density at radius 1 is 0.870 bits per heavy atom. The van der Waals surface area contributed by atoms with Crippen LogP contribution < -0.4 is 5.32 Å². The van der Waals surface area contributed by atoms with Gasteiger partial charge >= 0.3 is 0 Å². The van der Waals surface area contributed by atoms with Crippen LogP contribution in [0.1, 0.15) is 79.6 Å². The van der Waals surface area contributed by atoms with Gasteiger partial charge in [0.15, 0.2) is 0 Å². The minimum atomic E-state index is -2.86. The molecule has 0 bridgehead atoms. The summed E-state index contributed by atoms with van der Waals surface area (Å²) in [5.74, 6) is -0.952. The quantitative estimate of drug-likeness (QED) is 0.222. The number of aliphatic hydroxyl groups is 1. The number of imidazole rings is 2. The molecule has 46 heavy (non-hydrogen) atoms. The molecule has 240 valence electrons. The fourth-order valence-corrected chi connectivity index (χ4v) is 5.29. The van der Waals surface area contributed by atoms with Gasteiger partial charge in [-0.2, -0.15) is 0 Å². The van der Waals surface area contributed by atoms with Crippen LogP contribution >= 0.6 is 12.4 Å². The first kappa shape index (κ1) is 16.6. The Hall–Kier alpha value is -4.87. The van der Waals surface area contributed by atoms with Gasteiger partial charge in [-0.1, -0.05) is 36.4 Å². The zero-order chi connectivity index (χ0) is 47.0. The average Bonchev–Trinajstić information content (AvgIpc) is 3.92. The number of amides is 2. The lowest BCUT2D eigenvalue weighted by Gasteiger charge is -2.27. The highest BCUT2D eigenvalue weighted by molar-refractivity contribution is 6.10. The fourth-order valence-electron chi connectivity index (χ4n) is 5.29. The van der Waals surface area contributed by atoms with E-state index in [4.69, 9.17) is 29.8 Å². The number of para-hydroxylation sites is 2. The molecule has 4 N–H and O–H groups in total. The highest BCUT2D eigenvalue weighted by Gasteiger charge is 2.30. The highest BCUT2D eigenvalue weighted by Crippen LogP contribution is 2.31. The molecule has 2 aliphatic heterocycles. The second-order valence-electron chi connectivity index (χ2n) is 9.93. The van der Waals surface area contributed by atoms with Gasteiger partial charge in [-0.15, -0.1) is 12.4 Å². The maximum Gasteiger partial charge on any atom is 0.256 e. The molecule has 0 aliphatic carbocycles. The zero-order valence-electron chi connectivity index (χ0n) is 41.9. The second-order valence-corrected chi connectivity index (χ2v) is 9.93. The van der Waals surface area contributed by atoms with Crippen LogP contribution in [0.25, 0.3) is 21.8 Å². The van der Waals surface area contributed by atoms with Crippen LogP contribution in [0.3, 0.4) is 0 Å². The number of fused-ring (bicyclic) bond motifs is 6. The van der Waals surface area contributed by atoms with Gasteiger partial charge in [0.25, 0.3) is 11.8 Å². The van der Waals surface area contributed by atoms with E-state index >= 15 is 0 Å². The number of hydrogen-bond donors (Lipinski definition) is 4. The molecule has 6 aromatic rings. The van der Waals surface area contributed by atoms with Crippen LogP contribution in [-0.2, 0) is 39.8 Å². The Labute approximate surface area is 298 Å². The smallest absolute Gasteiger partial charge is 0.256 e. The topological polar surface area (TPSA) is 137 Å². The van der Waals surface area contributed by atoms with E-state index in [2.05, 4.69) is 25.3 Å². The normalized spacial score (nSPS) is 21.1. The van der Waals surface area contributed by atoms with E-state index < -0.39 is 82.0 Å². The summed E-state index contributed by atoms with van der Waals surface area (Å²) in [7, 11) is 0. The summed E-state index contributed by atoms with van der Waals surface area (Å²) in [4.78, 5) is 37.5. The molecule has 0 saturated heterocycles. The number of H-pyrrole nitrogens is 2. The first-order valence-electron chi connectivity index (χ1n) is 22.6. The number of carbonyl (C=O) groups excluding carboxylic acids is 2. The number of aromatic nitrogens is 6. The van der Waals surface area contributed by atoms with Crippen molar-refractivity contribution in [1.29, 1.82) is 0 Å². The third-order valence-electron chi connectivity index (χ3n) is 7.37. The van der Waals surface area contributed by atoms with E-state index in [1.165, 1.54) is 4.57 Å². The Bertz CT molecular complexity index is 2690. The Morgan fingerprint density at radius 2 is 1.46 bits per heavy atom. The minimum Gasteiger partial charge on any atom is -0.390 e. The van der Waals surface area contributed by atoms with Crippen molar-refractivity contribution < 1.29 is 39.4 Å². The largest absolute Gasteiger partial charge is 0.390 e. The van der Waals surface area contributed by atoms with Crippen LogP contribution in [0.5, 0.6) is 0 Å². The number of carbonyl (C=O) groups is 2. The van der Waals surface area contributed by atoms with Crippen molar-refractivity contribution in [3.63, 3.8) is 0 Å². The van der Waals surface area contributed by atoms with Crippen molar-refractivity contribution in [2.75, 3.05) is 13.1 Å². The van der Waals surface area contributed by atoms with Gasteiger partial charge in [0.2, 0.25) is 0 Å². The Balaban J connectivity index is 0.000000198. The number of halogens is 1.